The van der Waals surface area contributed by atoms with E-state index in [0.29, 0.717) is 11.7 Å². The number of aryl methyl sites for hydroxylation is 2. The second kappa shape index (κ2) is 8.75. The van der Waals surface area contributed by atoms with Crippen molar-refractivity contribution in [1.29, 1.82) is 0 Å². The Morgan fingerprint density at radius 1 is 1.07 bits per heavy atom. The second-order valence-corrected chi connectivity index (χ2v) is 9.69. The molecule has 0 radical (unpaired) electrons. The molecule has 0 aliphatic heterocycles. The van der Waals surface area contributed by atoms with E-state index in [0.717, 1.165) is 27.4 Å². The highest BCUT2D eigenvalue weighted by Gasteiger charge is 2.20. The van der Waals surface area contributed by atoms with E-state index in [1.807, 2.05) is 45.0 Å². The van der Waals surface area contributed by atoms with Gasteiger partial charge in [-0.15, -0.1) is 11.3 Å². The third-order valence-corrected chi connectivity index (χ3v) is 6.70. The van der Waals surface area contributed by atoms with Crippen LogP contribution in [-0.4, -0.2) is 31.7 Å². The fraction of sp³-hybridized carbons (Fsp3) is 0.238. The first-order chi connectivity index (χ1) is 13.8. The second-order valence-electron chi connectivity index (χ2n) is 6.50. The van der Waals surface area contributed by atoms with Crippen LogP contribution < -0.4 is 10.1 Å². The van der Waals surface area contributed by atoms with Crippen LogP contribution in [0.5, 0.6) is 5.75 Å². The van der Waals surface area contributed by atoms with Gasteiger partial charge in [-0.05, 0) is 57.2 Å². The summed E-state index contributed by atoms with van der Waals surface area (Å²) in [5.74, 6) is -0.468. The van der Waals surface area contributed by atoms with Gasteiger partial charge in [0.05, 0.1) is 17.2 Å². The van der Waals surface area contributed by atoms with Crippen LogP contribution in [0.25, 0.3) is 11.3 Å². The predicted octanol–water partition coefficient (Wildman–Crippen LogP) is 4.24. The Balaban J connectivity index is 1.71. The van der Waals surface area contributed by atoms with Gasteiger partial charge in [-0.3, -0.25) is 4.79 Å². The molecule has 3 aromatic rings. The molecule has 1 amide bonds. The van der Waals surface area contributed by atoms with Gasteiger partial charge >= 0.3 is 0 Å². The van der Waals surface area contributed by atoms with Crippen molar-refractivity contribution in [1.82, 2.24) is 4.98 Å². The first-order valence-corrected chi connectivity index (χ1v) is 11.6. The minimum absolute atomic E-state index is 0.128. The highest BCUT2D eigenvalue weighted by atomic mass is 32.2. The van der Waals surface area contributed by atoms with Gasteiger partial charge < -0.3 is 10.1 Å². The standard InChI is InChI=1S/C21H22N2O4S2/c1-4-27-17-9-7-16(8-10-17)20-15(3)28-21(23-20)22-19(24)13-29(25,26)18-11-5-14(2)6-12-18/h5-12H,4,13H2,1-3H3,(H,22,23,24). The number of carbonyl (C=O) groups excluding carboxylic acids is 1. The summed E-state index contributed by atoms with van der Waals surface area (Å²) in [6.07, 6.45) is 0. The number of nitrogens with one attached hydrogen (secondary N) is 1. The molecule has 1 N–H and O–H groups in total. The molecule has 0 aliphatic carbocycles. The van der Waals surface area contributed by atoms with Crippen molar-refractivity contribution < 1.29 is 17.9 Å². The molecule has 3 rings (SSSR count). The summed E-state index contributed by atoms with van der Waals surface area (Å²) in [6.45, 7) is 6.29. The van der Waals surface area contributed by atoms with Crippen LogP contribution in [0.4, 0.5) is 5.13 Å². The first-order valence-electron chi connectivity index (χ1n) is 9.08. The number of benzene rings is 2. The largest absolute Gasteiger partial charge is 0.494 e. The minimum Gasteiger partial charge on any atom is -0.494 e. The van der Waals surface area contributed by atoms with E-state index in [4.69, 9.17) is 4.74 Å². The van der Waals surface area contributed by atoms with E-state index in [1.165, 1.54) is 23.5 Å². The van der Waals surface area contributed by atoms with Crippen molar-refractivity contribution in [3.05, 3.63) is 59.0 Å². The van der Waals surface area contributed by atoms with Gasteiger partial charge in [0, 0.05) is 10.4 Å². The van der Waals surface area contributed by atoms with E-state index >= 15 is 0 Å². The Hall–Kier alpha value is -2.71. The zero-order valence-corrected chi connectivity index (χ0v) is 18.1. The molecule has 0 aliphatic rings. The van der Waals surface area contributed by atoms with Crippen molar-refractivity contribution in [2.45, 2.75) is 25.7 Å². The Kier molecular flexibility index (Phi) is 6.34. The number of nitrogens with zero attached hydrogens (tertiary/aromatic N) is 1. The molecule has 1 heterocycles. The highest BCUT2D eigenvalue weighted by Crippen LogP contribution is 2.31. The van der Waals surface area contributed by atoms with Crippen LogP contribution in [0.1, 0.15) is 17.4 Å². The third-order valence-electron chi connectivity index (χ3n) is 4.18. The van der Waals surface area contributed by atoms with Crippen molar-refractivity contribution in [3.8, 4) is 17.0 Å². The third kappa shape index (κ3) is 5.21. The van der Waals surface area contributed by atoms with Crippen molar-refractivity contribution >= 4 is 32.2 Å². The molecule has 0 bridgehead atoms. The Labute approximate surface area is 174 Å². The molecule has 6 nitrogen and oxygen atoms in total. The topological polar surface area (TPSA) is 85.4 Å². The number of carbonyl (C=O) groups is 1. The van der Waals surface area contributed by atoms with Crippen molar-refractivity contribution in [3.63, 3.8) is 0 Å². The summed E-state index contributed by atoms with van der Waals surface area (Å²) in [5, 5.41) is 2.98. The van der Waals surface area contributed by atoms with E-state index in [1.54, 1.807) is 12.1 Å². The number of thiazole rings is 1. The van der Waals surface area contributed by atoms with E-state index in [-0.39, 0.29) is 4.90 Å². The summed E-state index contributed by atoms with van der Waals surface area (Å²) in [6, 6.07) is 14.0. The summed E-state index contributed by atoms with van der Waals surface area (Å²) in [7, 11) is -3.71. The maximum atomic E-state index is 12.4. The number of sulfone groups is 1. The van der Waals surface area contributed by atoms with E-state index < -0.39 is 21.5 Å². The summed E-state index contributed by atoms with van der Waals surface area (Å²) < 4.78 is 30.3. The minimum atomic E-state index is -3.71. The molecule has 0 fully saturated rings. The Morgan fingerprint density at radius 2 is 1.72 bits per heavy atom. The lowest BCUT2D eigenvalue weighted by Crippen LogP contribution is -2.23. The maximum absolute atomic E-state index is 12.4. The molecule has 0 atom stereocenters. The molecule has 152 valence electrons. The highest BCUT2D eigenvalue weighted by molar-refractivity contribution is 7.92. The van der Waals surface area contributed by atoms with Gasteiger partial charge in [-0.1, -0.05) is 17.7 Å². The van der Waals surface area contributed by atoms with Gasteiger partial charge in [0.25, 0.3) is 0 Å². The molecule has 0 spiro atoms. The van der Waals surface area contributed by atoms with Gasteiger partial charge in [0.1, 0.15) is 11.5 Å². The number of rotatable bonds is 7. The number of ether oxygens (including phenoxy) is 1. The fourth-order valence-electron chi connectivity index (χ4n) is 2.75. The lowest BCUT2D eigenvalue weighted by Gasteiger charge is -2.05. The average Bonchev–Trinajstić information content (AvgIpc) is 3.02. The molecule has 0 saturated heterocycles. The van der Waals surface area contributed by atoms with E-state index in [9.17, 15) is 13.2 Å². The van der Waals surface area contributed by atoms with Gasteiger partial charge in [-0.2, -0.15) is 0 Å². The first kappa shape index (κ1) is 21.0. The number of hydrogen-bond donors (Lipinski definition) is 1. The van der Waals surface area contributed by atoms with Crippen LogP contribution in [-0.2, 0) is 14.6 Å². The average molecular weight is 431 g/mol. The number of amides is 1. The van der Waals surface area contributed by atoms with Crippen LogP contribution in [0.2, 0.25) is 0 Å². The zero-order chi connectivity index (χ0) is 21.0. The summed E-state index contributed by atoms with van der Waals surface area (Å²) >= 11 is 1.31. The van der Waals surface area contributed by atoms with Crippen LogP contribution in [0.3, 0.4) is 0 Å². The number of hydrogen-bond acceptors (Lipinski definition) is 6. The van der Waals surface area contributed by atoms with Crippen LogP contribution in [0.15, 0.2) is 53.4 Å². The maximum Gasteiger partial charge on any atom is 0.241 e. The molecular weight excluding hydrogens is 408 g/mol. The smallest absolute Gasteiger partial charge is 0.241 e. The predicted molar refractivity (Wildman–Crippen MR) is 115 cm³/mol. The van der Waals surface area contributed by atoms with Gasteiger partial charge in [0.2, 0.25) is 5.91 Å². The van der Waals surface area contributed by atoms with E-state index in [2.05, 4.69) is 10.3 Å². The molecule has 2 aromatic carbocycles. The SMILES string of the molecule is CCOc1ccc(-c2nc(NC(=O)CS(=O)(=O)c3ccc(C)cc3)sc2C)cc1. The van der Waals surface area contributed by atoms with Gasteiger partial charge in [0.15, 0.2) is 15.0 Å². The fourth-order valence-corrected chi connectivity index (χ4v) is 4.74. The quantitative estimate of drug-likeness (QED) is 0.606. The molecule has 8 heteroatoms. The number of anilines is 1. The molecular formula is C21H22N2O4S2. The molecule has 1 aromatic heterocycles. The summed E-state index contributed by atoms with van der Waals surface area (Å²) in [4.78, 5) is 17.8. The van der Waals surface area contributed by atoms with Crippen molar-refractivity contribution in [2.24, 2.45) is 0 Å². The monoisotopic (exact) mass is 430 g/mol. The lowest BCUT2D eigenvalue weighted by atomic mass is 10.1. The van der Waals surface area contributed by atoms with Crippen LogP contribution in [0, 0.1) is 13.8 Å². The molecule has 0 saturated carbocycles. The Morgan fingerprint density at radius 3 is 2.34 bits per heavy atom. The zero-order valence-electron chi connectivity index (χ0n) is 16.4. The van der Waals surface area contributed by atoms with Crippen LogP contribution >= 0.6 is 11.3 Å². The Bertz CT molecular complexity index is 1100. The van der Waals surface area contributed by atoms with Gasteiger partial charge in [-0.25, -0.2) is 13.4 Å². The number of aromatic nitrogens is 1. The normalized spacial score (nSPS) is 11.3. The molecule has 0 unspecified atom stereocenters. The molecule has 29 heavy (non-hydrogen) atoms. The van der Waals surface area contributed by atoms with Crippen molar-refractivity contribution in [2.75, 3.05) is 17.7 Å². The lowest BCUT2D eigenvalue weighted by molar-refractivity contribution is -0.113. The summed E-state index contributed by atoms with van der Waals surface area (Å²) in [5.41, 5.74) is 2.60.